The molecule has 0 aliphatic heterocycles. The maximum atomic E-state index is 13.3. The number of thioether (sulfide) groups is 1. The van der Waals surface area contributed by atoms with E-state index in [0.717, 1.165) is 11.3 Å². The van der Waals surface area contributed by atoms with Gasteiger partial charge in [0, 0.05) is 24.5 Å². The Kier molecular flexibility index (Phi) is 6.80. The van der Waals surface area contributed by atoms with E-state index in [1.165, 1.54) is 6.07 Å². The van der Waals surface area contributed by atoms with Crippen molar-refractivity contribution >= 4 is 17.7 Å². The summed E-state index contributed by atoms with van der Waals surface area (Å²) >= 11 is 1.63. The zero-order valence-corrected chi connectivity index (χ0v) is 11.7. The fourth-order valence-electron chi connectivity index (χ4n) is 1.50. The van der Waals surface area contributed by atoms with Crippen molar-refractivity contribution < 1.29 is 9.18 Å². The zero-order chi connectivity index (χ0) is 13.4. The molecule has 1 N–H and O–H groups in total. The summed E-state index contributed by atoms with van der Waals surface area (Å²) < 4.78 is 13.3. The van der Waals surface area contributed by atoms with Gasteiger partial charge in [0.05, 0.1) is 0 Å². The number of amides is 1. The number of carbonyl (C=O) groups is 1. The van der Waals surface area contributed by atoms with E-state index in [0.29, 0.717) is 24.6 Å². The highest BCUT2D eigenvalue weighted by molar-refractivity contribution is 7.98. The maximum absolute atomic E-state index is 13.3. The van der Waals surface area contributed by atoms with Crippen LogP contribution in [0, 0.1) is 11.7 Å². The van der Waals surface area contributed by atoms with E-state index >= 15 is 0 Å². The lowest BCUT2D eigenvalue weighted by Gasteiger charge is -2.07. The van der Waals surface area contributed by atoms with Crippen LogP contribution in [0.15, 0.2) is 24.3 Å². The molecule has 0 saturated heterocycles. The van der Waals surface area contributed by atoms with Gasteiger partial charge in [0.2, 0.25) is 5.91 Å². The third kappa shape index (κ3) is 6.05. The van der Waals surface area contributed by atoms with Crippen LogP contribution < -0.4 is 5.32 Å². The Bertz CT molecular complexity index is 382. The average molecular weight is 269 g/mol. The molecule has 0 aromatic heterocycles. The molecule has 0 unspecified atom stereocenters. The molecular weight excluding hydrogens is 249 g/mol. The van der Waals surface area contributed by atoms with Crippen molar-refractivity contribution in [2.45, 2.75) is 26.0 Å². The Morgan fingerprint density at radius 1 is 1.39 bits per heavy atom. The average Bonchev–Trinajstić information content (AvgIpc) is 2.30. The molecule has 1 amide bonds. The van der Waals surface area contributed by atoms with Crippen molar-refractivity contribution in [3.05, 3.63) is 35.6 Å². The highest BCUT2D eigenvalue weighted by atomic mass is 32.2. The first-order chi connectivity index (χ1) is 8.59. The standard InChI is InChI=1S/C14H20FNOS/c1-11(2)9-14(17)16-7-8-18-10-12-5-3-4-6-13(12)15/h3-6,11H,7-10H2,1-2H3,(H,16,17). The Hall–Kier alpha value is -1.03. The van der Waals surface area contributed by atoms with Crippen LogP contribution in [0.2, 0.25) is 0 Å². The van der Waals surface area contributed by atoms with Crippen molar-refractivity contribution in [3.8, 4) is 0 Å². The summed E-state index contributed by atoms with van der Waals surface area (Å²) in [5.74, 6) is 1.77. The maximum Gasteiger partial charge on any atom is 0.220 e. The number of rotatable bonds is 7. The molecule has 1 aromatic rings. The molecule has 1 aromatic carbocycles. The first-order valence-corrected chi connectivity index (χ1v) is 7.33. The van der Waals surface area contributed by atoms with Crippen LogP contribution in [0.3, 0.4) is 0 Å². The van der Waals surface area contributed by atoms with Crippen LogP contribution in [-0.4, -0.2) is 18.2 Å². The van der Waals surface area contributed by atoms with Crippen molar-refractivity contribution in [2.75, 3.05) is 12.3 Å². The molecule has 18 heavy (non-hydrogen) atoms. The fraction of sp³-hybridized carbons (Fsp3) is 0.500. The van der Waals surface area contributed by atoms with E-state index < -0.39 is 0 Å². The van der Waals surface area contributed by atoms with Crippen molar-refractivity contribution in [2.24, 2.45) is 5.92 Å². The molecular formula is C14H20FNOS. The molecule has 0 aliphatic rings. The molecule has 0 atom stereocenters. The molecule has 4 heteroatoms. The van der Waals surface area contributed by atoms with E-state index in [1.807, 2.05) is 19.9 Å². The topological polar surface area (TPSA) is 29.1 Å². The van der Waals surface area contributed by atoms with Gasteiger partial charge in [-0.25, -0.2) is 4.39 Å². The minimum atomic E-state index is -0.158. The van der Waals surface area contributed by atoms with Gasteiger partial charge in [-0.15, -0.1) is 0 Å². The minimum Gasteiger partial charge on any atom is -0.355 e. The Morgan fingerprint density at radius 2 is 2.11 bits per heavy atom. The highest BCUT2D eigenvalue weighted by Crippen LogP contribution is 2.14. The van der Waals surface area contributed by atoms with Gasteiger partial charge in [-0.2, -0.15) is 11.8 Å². The summed E-state index contributed by atoms with van der Waals surface area (Å²) in [4.78, 5) is 11.4. The predicted octanol–water partition coefficient (Wildman–Crippen LogP) is 3.22. The SMILES string of the molecule is CC(C)CC(=O)NCCSCc1ccccc1F. The monoisotopic (exact) mass is 269 g/mol. The first kappa shape index (κ1) is 15.0. The quantitative estimate of drug-likeness (QED) is 0.770. The van der Waals surface area contributed by atoms with Gasteiger partial charge in [0.1, 0.15) is 5.82 Å². The van der Waals surface area contributed by atoms with Crippen molar-refractivity contribution in [1.29, 1.82) is 0 Å². The Morgan fingerprint density at radius 3 is 2.78 bits per heavy atom. The van der Waals surface area contributed by atoms with Gasteiger partial charge < -0.3 is 5.32 Å². The number of hydrogen-bond donors (Lipinski definition) is 1. The van der Waals surface area contributed by atoms with Crippen LogP contribution >= 0.6 is 11.8 Å². The Balaban J connectivity index is 2.12. The van der Waals surface area contributed by atoms with Gasteiger partial charge in [-0.1, -0.05) is 32.0 Å². The van der Waals surface area contributed by atoms with E-state index in [-0.39, 0.29) is 11.7 Å². The minimum absolute atomic E-state index is 0.0940. The van der Waals surface area contributed by atoms with Crippen LogP contribution in [-0.2, 0) is 10.5 Å². The second-order valence-electron chi connectivity index (χ2n) is 4.59. The summed E-state index contributed by atoms with van der Waals surface area (Å²) in [5, 5.41) is 2.86. The van der Waals surface area contributed by atoms with Crippen LogP contribution in [0.5, 0.6) is 0 Å². The van der Waals surface area contributed by atoms with Crippen molar-refractivity contribution in [1.82, 2.24) is 5.32 Å². The molecule has 0 fully saturated rings. The molecule has 0 heterocycles. The highest BCUT2D eigenvalue weighted by Gasteiger charge is 2.04. The van der Waals surface area contributed by atoms with Gasteiger partial charge >= 0.3 is 0 Å². The summed E-state index contributed by atoms with van der Waals surface area (Å²) in [7, 11) is 0. The first-order valence-electron chi connectivity index (χ1n) is 6.17. The summed E-state index contributed by atoms with van der Waals surface area (Å²) in [6.07, 6.45) is 0.567. The number of halogens is 1. The molecule has 1 rings (SSSR count). The van der Waals surface area contributed by atoms with Gasteiger partial charge in [0.15, 0.2) is 0 Å². The smallest absolute Gasteiger partial charge is 0.220 e. The van der Waals surface area contributed by atoms with Gasteiger partial charge in [0.25, 0.3) is 0 Å². The molecule has 0 aliphatic carbocycles. The summed E-state index contributed by atoms with van der Waals surface area (Å²) in [6, 6.07) is 6.79. The molecule has 100 valence electrons. The van der Waals surface area contributed by atoms with E-state index in [2.05, 4.69) is 5.32 Å². The third-order valence-corrected chi connectivity index (χ3v) is 3.39. The lowest BCUT2D eigenvalue weighted by atomic mass is 10.1. The van der Waals surface area contributed by atoms with Gasteiger partial charge in [-0.05, 0) is 17.5 Å². The van der Waals surface area contributed by atoms with E-state index in [1.54, 1.807) is 23.9 Å². The van der Waals surface area contributed by atoms with Crippen LogP contribution in [0.25, 0.3) is 0 Å². The predicted molar refractivity (Wildman–Crippen MR) is 75.0 cm³/mol. The Labute approximate surface area is 112 Å². The summed E-state index contributed by atoms with van der Waals surface area (Å²) in [5.41, 5.74) is 0.719. The van der Waals surface area contributed by atoms with Crippen LogP contribution in [0.1, 0.15) is 25.8 Å². The molecule has 0 saturated carbocycles. The van der Waals surface area contributed by atoms with Gasteiger partial charge in [-0.3, -0.25) is 4.79 Å². The number of benzene rings is 1. The molecule has 2 nitrogen and oxygen atoms in total. The van der Waals surface area contributed by atoms with E-state index in [9.17, 15) is 9.18 Å². The molecule has 0 radical (unpaired) electrons. The second kappa shape index (κ2) is 8.14. The normalized spacial score (nSPS) is 10.7. The zero-order valence-electron chi connectivity index (χ0n) is 10.9. The van der Waals surface area contributed by atoms with Crippen LogP contribution in [0.4, 0.5) is 4.39 Å². The number of hydrogen-bond acceptors (Lipinski definition) is 2. The largest absolute Gasteiger partial charge is 0.355 e. The lowest BCUT2D eigenvalue weighted by molar-refractivity contribution is -0.121. The summed E-state index contributed by atoms with van der Waals surface area (Å²) in [6.45, 7) is 4.68. The number of carbonyl (C=O) groups excluding carboxylic acids is 1. The fourth-order valence-corrected chi connectivity index (χ4v) is 2.35. The molecule has 0 spiro atoms. The number of nitrogens with one attached hydrogen (secondary N) is 1. The van der Waals surface area contributed by atoms with Crippen molar-refractivity contribution in [3.63, 3.8) is 0 Å². The molecule has 0 bridgehead atoms. The third-order valence-electron chi connectivity index (χ3n) is 2.38. The lowest BCUT2D eigenvalue weighted by Crippen LogP contribution is -2.26. The second-order valence-corrected chi connectivity index (χ2v) is 5.70. The van der Waals surface area contributed by atoms with E-state index in [4.69, 9.17) is 0 Å².